The number of allylic oxidation sites excluding steroid dienone is 3. The molecule has 2 nitrogen and oxygen atoms in total. The van der Waals surface area contributed by atoms with Gasteiger partial charge in [-0.25, -0.2) is 4.79 Å². The Bertz CT molecular complexity index is 316. The summed E-state index contributed by atoms with van der Waals surface area (Å²) >= 11 is 0. The van der Waals surface area contributed by atoms with E-state index in [1.165, 1.54) is 0 Å². The van der Waals surface area contributed by atoms with Gasteiger partial charge in [0, 0.05) is 5.57 Å². The number of esters is 1. The molecule has 0 saturated heterocycles. The smallest absolute Gasteiger partial charge is 0.332 e. The van der Waals surface area contributed by atoms with Crippen molar-refractivity contribution in [2.24, 2.45) is 0 Å². The van der Waals surface area contributed by atoms with Crippen LogP contribution in [-0.2, 0) is 9.53 Å². The van der Waals surface area contributed by atoms with Crippen LogP contribution in [0.1, 0.15) is 13.8 Å². The molecule has 100 valence electrons. The van der Waals surface area contributed by atoms with Crippen LogP contribution >= 0.6 is 0 Å². The monoisotopic (exact) mass is 264 g/mol. The molecule has 0 aromatic heterocycles. The van der Waals surface area contributed by atoms with Gasteiger partial charge in [0.1, 0.15) is 0 Å². The Morgan fingerprint density at radius 2 is 1.56 bits per heavy atom. The minimum absolute atomic E-state index is 0.230. The fraction of sp³-hybridized carbons (Fsp3) is 0.400. The molecule has 0 aliphatic heterocycles. The van der Waals surface area contributed by atoms with E-state index in [9.17, 15) is 4.79 Å². The minimum atomic E-state index is -1.77. The molecule has 0 aromatic carbocycles. The maximum atomic E-state index is 11.7. The summed E-state index contributed by atoms with van der Waals surface area (Å²) in [7, 11) is -1.77. The average molecular weight is 264 g/mol. The van der Waals surface area contributed by atoms with Gasteiger partial charge in [-0.15, -0.1) is 19.7 Å². The zero-order valence-corrected chi connectivity index (χ0v) is 12.6. The van der Waals surface area contributed by atoms with E-state index in [0.29, 0.717) is 12.2 Å². The fourth-order valence-corrected chi connectivity index (χ4v) is 5.67. The predicted molar refractivity (Wildman–Crippen MR) is 81.2 cm³/mol. The molecule has 0 atom stereocenters. The Labute approximate surface area is 112 Å². The fourth-order valence-electron chi connectivity index (χ4n) is 2.05. The third-order valence-electron chi connectivity index (χ3n) is 2.77. The maximum Gasteiger partial charge on any atom is 0.332 e. The number of carbonyl (C=O) groups is 1. The second-order valence-electron chi connectivity index (χ2n) is 4.39. The van der Waals surface area contributed by atoms with Gasteiger partial charge in [0.2, 0.25) is 0 Å². The van der Waals surface area contributed by atoms with Crippen LogP contribution in [0.2, 0.25) is 18.1 Å². The van der Waals surface area contributed by atoms with Crippen LogP contribution in [0.25, 0.3) is 0 Å². The SMILES string of the molecule is C=CC[Si](C=C(C)C(=O)OCC)(CC=C)CC=C. The van der Waals surface area contributed by atoms with E-state index in [0.717, 1.165) is 18.1 Å². The van der Waals surface area contributed by atoms with E-state index in [2.05, 4.69) is 25.4 Å². The van der Waals surface area contributed by atoms with E-state index in [4.69, 9.17) is 4.74 Å². The molecule has 3 heteroatoms. The third kappa shape index (κ3) is 5.32. The lowest BCUT2D eigenvalue weighted by Crippen LogP contribution is -2.31. The van der Waals surface area contributed by atoms with Crippen molar-refractivity contribution in [1.82, 2.24) is 0 Å². The van der Waals surface area contributed by atoms with Crippen molar-refractivity contribution in [2.75, 3.05) is 6.61 Å². The highest BCUT2D eigenvalue weighted by Crippen LogP contribution is 2.26. The van der Waals surface area contributed by atoms with Gasteiger partial charge in [0.15, 0.2) is 0 Å². The molecule has 0 fully saturated rings. The lowest BCUT2D eigenvalue weighted by molar-refractivity contribution is -0.138. The Hall–Kier alpha value is -1.35. The highest BCUT2D eigenvalue weighted by Gasteiger charge is 2.27. The Morgan fingerprint density at radius 1 is 1.11 bits per heavy atom. The van der Waals surface area contributed by atoms with E-state index in [1.54, 1.807) is 0 Å². The molecule has 0 N–H and O–H groups in total. The number of carbonyl (C=O) groups excluding carboxylic acids is 1. The van der Waals surface area contributed by atoms with Crippen LogP contribution in [0.15, 0.2) is 49.2 Å². The lowest BCUT2D eigenvalue weighted by Gasteiger charge is -2.25. The summed E-state index contributed by atoms with van der Waals surface area (Å²) in [6.07, 6.45) is 5.77. The summed E-state index contributed by atoms with van der Waals surface area (Å²) in [4.78, 5) is 11.7. The molecule has 0 spiro atoms. The first-order valence-electron chi connectivity index (χ1n) is 6.24. The van der Waals surface area contributed by atoms with Crippen molar-refractivity contribution in [3.63, 3.8) is 0 Å². The van der Waals surface area contributed by atoms with Crippen LogP contribution in [0, 0.1) is 0 Å². The molecule has 0 rings (SSSR count). The topological polar surface area (TPSA) is 26.3 Å². The second kappa shape index (κ2) is 8.70. The zero-order valence-electron chi connectivity index (χ0n) is 11.6. The quantitative estimate of drug-likeness (QED) is 0.272. The maximum absolute atomic E-state index is 11.7. The molecule has 18 heavy (non-hydrogen) atoms. The third-order valence-corrected chi connectivity index (χ3v) is 7.12. The molecule has 0 aliphatic carbocycles. The molecule has 0 aromatic rings. The Morgan fingerprint density at radius 3 is 1.89 bits per heavy atom. The van der Waals surface area contributed by atoms with Crippen LogP contribution in [0.4, 0.5) is 0 Å². The summed E-state index contributed by atoms with van der Waals surface area (Å²) in [6, 6.07) is 2.76. The molecule has 0 radical (unpaired) electrons. The Kier molecular flexibility index (Phi) is 8.04. The lowest BCUT2D eigenvalue weighted by atomic mass is 10.4. The molecular formula is C15H24O2Si. The van der Waals surface area contributed by atoms with Gasteiger partial charge >= 0.3 is 5.97 Å². The van der Waals surface area contributed by atoms with Crippen molar-refractivity contribution in [3.05, 3.63) is 49.2 Å². The summed E-state index contributed by atoms with van der Waals surface area (Å²) in [6.45, 7) is 15.5. The zero-order chi connectivity index (χ0) is 14.0. The summed E-state index contributed by atoms with van der Waals surface area (Å²) in [5.74, 6) is -0.230. The van der Waals surface area contributed by atoms with Crippen LogP contribution < -0.4 is 0 Å². The minimum Gasteiger partial charge on any atom is -0.463 e. The van der Waals surface area contributed by atoms with Crippen molar-refractivity contribution < 1.29 is 9.53 Å². The average Bonchev–Trinajstić information content (AvgIpc) is 2.30. The van der Waals surface area contributed by atoms with Crippen molar-refractivity contribution in [2.45, 2.75) is 32.0 Å². The number of rotatable bonds is 9. The first-order chi connectivity index (χ1) is 8.55. The summed E-state index contributed by atoms with van der Waals surface area (Å²) in [5, 5.41) is 0. The van der Waals surface area contributed by atoms with Crippen LogP contribution in [-0.4, -0.2) is 20.7 Å². The van der Waals surface area contributed by atoms with E-state index >= 15 is 0 Å². The summed E-state index contributed by atoms with van der Waals surface area (Å²) in [5.41, 5.74) is 2.80. The highest BCUT2D eigenvalue weighted by molar-refractivity contribution is 6.85. The normalized spacial score (nSPS) is 11.8. The van der Waals surface area contributed by atoms with Crippen molar-refractivity contribution >= 4 is 14.0 Å². The molecule has 0 bridgehead atoms. The van der Waals surface area contributed by atoms with Crippen molar-refractivity contribution in [1.29, 1.82) is 0 Å². The number of hydrogen-bond acceptors (Lipinski definition) is 2. The first-order valence-corrected chi connectivity index (χ1v) is 8.94. The number of ether oxygens (including phenoxy) is 1. The van der Waals surface area contributed by atoms with Crippen LogP contribution in [0.3, 0.4) is 0 Å². The Balaban J connectivity index is 5.20. The van der Waals surface area contributed by atoms with Gasteiger partial charge < -0.3 is 4.74 Å². The molecule has 0 aliphatic rings. The van der Waals surface area contributed by atoms with Gasteiger partial charge in [-0.05, 0) is 32.0 Å². The highest BCUT2D eigenvalue weighted by atomic mass is 28.3. The largest absolute Gasteiger partial charge is 0.463 e. The first kappa shape index (κ1) is 16.6. The predicted octanol–water partition coefficient (Wildman–Crippen LogP) is 4.04. The van der Waals surface area contributed by atoms with Crippen LogP contribution in [0.5, 0.6) is 0 Å². The van der Waals surface area contributed by atoms with E-state index in [-0.39, 0.29) is 5.97 Å². The van der Waals surface area contributed by atoms with Gasteiger partial charge in [-0.3, -0.25) is 0 Å². The summed E-state index contributed by atoms with van der Waals surface area (Å²) < 4.78 is 5.02. The van der Waals surface area contributed by atoms with Crippen molar-refractivity contribution in [3.8, 4) is 0 Å². The molecular weight excluding hydrogens is 240 g/mol. The van der Waals surface area contributed by atoms with Gasteiger partial charge in [0.25, 0.3) is 0 Å². The number of hydrogen-bond donors (Lipinski definition) is 0. The van der Waals surface area contributed by atoms with Gasteiger partial charge in [-0.1, -0.05) is 23.9 Å². The molecule has 0 saturated carbocycles. The molecule has 0 heterocycles. The van der Waals surface area contributed by atoms with Gasteiger partial charge in [-0.2, -0.15) is 0 Å². The van der Waals surface area contributed by atoms with E-state index in [1.807, 2.05) is 32.1 Å². The van der Waals surface area contributed by atoms with E-state index < -0.39 is 8.07 Å². The molecule has 0 unspecified atom stereocenters. The second-order valence-corrected chi connectivity index (χ2v) is 8.63. The van der Waals surface area contributed by atoms with Gasteiger partial charge in [0.05, 0.1) is 14.7 Å². The molecule has 0 amide bonds. The standard InChI is InChI=1S/C15H24O2Si/c1-6-10-18(11-7-2,12-8-3)13-14(5)15(16)17-9-4/h6-8,13H,1-3,9-12H2,4-5H3.